The highest BCUT2D eigenvalue weighted by molar-refractivity contribution is 5.96. The molecule has 0 aliphatic carbocycles. The molecule has 0 fully saturated rings. The predicted molar refractivity (Wildman–Crippen MR) is 107 cm³/mol. The minimum atomic E-state index is 0.384. The molecule has 3 heterocycles. The first-order valence-corrected chi connectivity index (χ1v) is 8.45. The zero-order valence-electron chi connectivity index (χ0n) is 14.7. The quantitative estimate of drug-likeness (QED) is 0.543. The number of hydrogen-bond donors (Lipinski definition) is 2. The predicted octanol–water partition coefficient (Wildman–Crippen LogP) is 3.82. The molecule has 0 radical (unpaired) electrons. The first kappa shape index (κ1) is 16.7. The summed E-state index contributed by atoms with van der Waals surface area (Å²) in [5, 5.41) is 4.14. The number of nitrogens with two attached hydrogens (primary N) is 1. The van der Waals surface area contributed by atoms with Crippen LogP contribution in [0.4, 0.5) is 11.6 Å². The van der Waals surface area contributed by atoms with Crippen LogP contribution in [0.3, 0.4) is 0 Å². The maximum absolute atomic E-state index is 10.7. The topological polar surface area (TPSA) is 93.8 Å². The third-order valence-electron chi connectivity index (χ3n) is 4.41. The first-order chi connectivity index (χ1) is 13.2. The molecule has 0 aliphatic heterocycles. The Morgan fingerprint density at radius 3 is 2.67 bits per heavy atom. The van der Waals surface area contributed by atoms with E-state index < -0.39 is 0 Å². The van der Waals surface area contributed by atoms with Gasteiger partial charge in [0, 0.05) is 28.9 Å². The van der Waals surface area contributed by atoms with Gasteiger partial charge in [-0.25, -0.2) is 9.97 Å². The van der Waals surface area contributed by atoms with Gasteiger partial charge in [-0.2, -0.15) is 0 Å². The number of fused-ring (bicyclic) bond motifs is 1. The average Bonchev–Trinajstić information content (AvgIpc) is 2.68. The normalized spacial score (nSPS) is 10.7. The smallest absolute Gasteiger partial charge is 0.212 e. The Morgan fingerprint density at radius 1 is 1.07 bits per heavy atom. The summed E-state index contributed by atoms with van der Waals surface area (Å²) < 4.78 is 0. The molecule has 1 amide bonds. The molecule has 6 heteroatoms. The Hall–Kier alpha value is -3.80. The molecule has 1 aromatic carbocycles. The van der Waals surface area contributed by atoms with Crippen LogP contribution in [0.5, 0.6) is 0 Å². The van der Waals surface area contributed by atoms with Crippen molar-refractivity contribution in [1.29, 1.82) is 0 Å². The van der Waals surface area contributed by atoms with Crippen LogP contribution in [0, 0.1) is 6.92 Å². The molecule has 0 aliphatic rings. The molecule has 0 saturated carbocycles. The second kappa shape index (κ2) is 6.84. The molecule has 4 aromatic rings. The summed E-state index contributed by atoms with van der Waals surface area (Å²) in [6.45, 7) is 2.03. The van der Waals surface area contributed by atoms with Gasteiger partial charge in [-0.3, -0.25) is 9.78 Å². The molecule has 3 aromatic heterocycles. The van der Waals surface area contributed by atoms with E-state index in [0.717, 1.165) is 38.9 Å². The maximum Gasteiger partial charge on any atom is 0.212 e. The van der Waals surface area contributed by atoms with Crippen LogP contribution in [0.15, 0.2) is 60.9 Å². The van der Waals surface area contributed by atoms with E-state index >= 15 is 0 Å². The van der Waals surface area contributed by atoms with Crippen molar-refractivity contribution in [3.63, 3.8) is 0 Å². The summed E-state index contributed by atoms with van der Waals surface area (Å²) in [5.74, 6) is 0.843. The number of amides is 1. The molecular formula is C21H17N5O. The van der Waals surface area contributed by atoms with Gasteiger partial charge in [0.2, 0.25) is 6.41 Å². The number of rotatable bonds is 4. The Kier molecular flexibility index (Phi) is 4.22. The van der Waals surface area contributed by atoms with E-state index in [-0.39, 0.29) is 0 Å². The van der Waals surface area contributed by atoms with Gasteiger partial charge in [-0.15, -0.1) is 0 Å². The fourth-order valence-electron chi connectivity index (χ4n) is 3.14. The van der Waals surface area contributed by atoms with Crippen molar-refractivity contribution in [2.24, 2.45) is 0 Å². The lowest BCUT2D eigenvalue weighted by atomic mass is 9.98. The Balaban J connectivity index is 1.96. The minimum Gasteiger partial charge on any atom is -0.383 e. The van der Waals surface area contributed by atoms with Crippen LogP contribution in [0.1, 0.15) is 5.56 Å². The number of nitrogen functional groups attached to an aromatic ring is 1. The molecule has 0 bridgehead atoms. The van der Waals surface area contributed by atoms with Crippen LogP contribution >= 0.6 is 0 Å². The number of pyridine rings is 3. The third kappa shape index (κ3) is 3.08. The van der Waals surface area contributed by atoms with Crippen LogP contribution in [-0.4, -0.2) is 21.4 Å². The molecule has 0 saturated heterocycles. The largest absolute Gasteiger partial charge is 0.383 e. The summed E-state index contributed by atoms with van der Waals surface area (Å²) in [6, 6.07) is 15.6. The van der Waals surface area contributed by atoms with Gasteiger partial charge in [0.15, 0.2) is 0 Å². The molecule has 0 atom stereocenters. The van der Waals surface area contributed by atoms with Crippen LogP contribution in [0.25, 0.3) is 33.3 Å². The van der Waals surface area contributed by atoms with Gasteiger partial charge < -0.3 is 11.1 Å². The SMILES string of the molecule is Cc1ccnc(-c2ccccc2)c1-c1cc2cc(NC=O)ncc2c(N)n1. The van der Waals surface area contributed by atoms with Crippen LogP contribution in [-0.2, 0) is 4.79 Å². The second-order valence-electron chi connectivity index (χ2n) is 6.16. The summed E-state index contributed by atoms with van der Waals surface area (Å²) in [5.41, 5.74) is 10.8. The molecule has 0 spiro atoms. The molecule has 4 rings (SSSR count). The summed E-state index contributed by atoms with van der Waals surface area (Å²) in [7, 11) is 0. The maximum atomic E-state index is 10.7. The molecule has 132 valence electrons. The lowest BCUT2D eigenvalue weighted by Crippen LogP contribution is -2.00. The van der Waals surface area contributed by atoms with E-state index in [4.69, 9.17) is 5.73 Å². The number of anilines is 2. The number of benzene rings is 1. The molecular weight excluding hydrogens is 338 g/mol. The van der Waals surface area contributed by atoms with Crippen molar-refractivity contribution < 1.29 is 4.79 Å². The van der Waals surface area contributed by atoms with E-state index in [1.807, 2.05) is 49.4 Å². The van der Waals surface area contributed by atoms with Gasteiger partial charge in [-0.1, -0.05) is 30.3 Å². The van der Waals surface area contributed by atoms with Gasteiger partial charge in [0.05, 0.1) is 11.4 Å². The number of carbonyl (C=O) groups is 1. The van der Waals surface area contributed by atoms with Crippen molar-refractivity contribution in [2.45, 2.75) is 6.92 Å². The fraction of sp³-hybridized carbons (Fsp3) is 0.0476. The van der Waals surface area contributed by atoms with E-state index in [0.29, 0.717) is 18.0 Å². The first-order valence-electron chi connectivity index (χ1n) is 8.45. The van der Waals surface area contributed by atoms with Gasteiger partial charge in [0.25, 0.3) is 0 Å². The summed E-state index contributed by atoms with van der Waals surface area (Å²) in [4.78, 5) is 24.1. The highest BCUT2D eigenvalue weighted by atomic mass is 16.1. The van der Waals surface area contributed by atoms with Crippen molar-refractivity contribution >= 4 is 28.8 Å². The standard InChI is InChI=1S/C21H17N5O/c1-13-7-8-23-20(14-5-3-2-4-6-14)19(13)17-9-15-10-18(25-12-27)24-11-16(15)21(22)26-17/h2-12H,1H3,(H2,22,26)(H,24,25,27). The lowest BCUT2D eigenvalue weighted by molar-refractivity contribution is -0.105. The van der Waals surface area contributed by atoms with E-state index in [2.05, 4.69) is 20.3 Å². The van der Waals surface area contributed by atoms with Gasteiger partial charge >= 0.3 is 0 Å². The Bertz CT molecular complexity index is 1140. The third-order valence-corrected chi connectivity index (χ3v) is 4.41. The van der Waals surface area contributed by atoms with Crippen molar-refractivity contribution in [3.05, 3.63) is 66.5 Å². The number of nitrogens with one attached hydrogen (secondary N) is 1. The van der Waals surface area contributed by atoms with Crippen molar-refractivity contribution in [1.82, 2.24) is 15.0 Å². The summed E-state index contributed by atoms with van der Waals surface area (Å²) >= 11 is 0. The molecule has 6 nitrogen and oxygen atoms in total. The number of carbonyl (C=O) groups excluding carboxylic acids is 1. The van der Waals surface area contributed by atoms with Crippen molar-refractivity contribution in [3.8, 4) is 22.5 Å². The lowest BCUT2D eigenvalue weighted by Gasteiger charge is -2.13. The number of hydrogen-bond acceptors (Lipinski definition) is 5. The summed E-state index contributed by atoms with van der Waals surface area (Å²) in [6.07, 6.45) is 4.00. The highest BCUT2D eigenvalue weighted by Crippen LogP contribution is 2.34. The second-order valence-corrected chi connectivity index (χ2v) is 6.16. The zero-order valence-corrected chi connectivity index (χ0v) is 14.7. The van der Waals surface area contributed by atoms with E-state index in [1.54, 1.807) is 18.5 Å². The fourth-order valence-corrected chi connectivity index (χ4v) is 3.14. The number of aromatic nitrogens is 3. The number of nitrogens with zero attached hydrogens (tertiary/aromatic N) is 3. The molecule has 27 heavy (non-hydrogen) atoms. The zero-order chi connectivity index (χ0) is 18.8. The Morgan fingerprint density at radius 2 is 1.89 bits per heavy atom. The monoisotopic (exact) mass is 355 g/mol. The molecule has 3 N–H and O–H groups in total. The minimum absolute atomic E-state index is 0.384. The van der Waals surface area contributed by atoms with Crippen LogP contribution < -0.4 is 11.1 Å². The molecule has 0 unspecified atom stereocenters. The highest BCUT2D eigenvalue weighted by Gasteiger charge is 2.15. The van der Waals surface area contributed by atoms with E-state index in [9.17, 15) is 4.79 Å². The van der Waals surface area contributed by atoms with Gasteiger partial charge in [0.1, 0.15) is 11.6 Å². The average molecular weight is 355 g/mol. The van der Waals surface area contributed by atoms with Crippen LogP contribution in [0.2, 0.25) is 0 Å². The Labute approximate surface area is 156 Å². The number of aryl methyl sites for hydroxylation is 1. The van der Waals surface area contributed by atoms with E-state index in [1.165, 1.54) is 0 Å². The van der Waals surface area contributed by atoms with Crippen molar-refractivity contribution in [2.75, 3.05) is 11.1 Å². The van der Waals surface area contributed by atoms with Gasteiger partial charge in [-0.05, 0) is 36.1 Å².